The zero-order chi connectivity index (χ0) is 20.4. The summed E-state index contributed by atoms with van der Waals surface area (Å²) in [6.45, 7) is 2.03. The number of rotatable bonds is 6. The van der Waals surface area contributed by atoms with Gasteiger partial charge in [-0.1, -0.05) is 31.0 Å². The lowest BCUT2D eigenvalue weighted by atomic mass is 9.96. The van der Waals surface area contributed by atoms with E-state index in [1.165, 1.54) is 12.8 Å². The first-order valence-corrected chi connectivity index (χ1v) is 10.4. The van der Waals surface area contributed by atoms with E-state index in [-0.39, 0.29) is 11.9 Å². The molecule has 1 aromatic heterocycles. The largest absolute Gasteiger partial charge is 0.339 e. The number of carbonyl (C=O) groups excluding carboxylic acids is 1. The minimum atomic E-state index is -0.00593. The second-order valence-corrected chi connectivity index (χ2v) is 8.14. The summed E-state index contributed by atoms with van der Waals surface area (Å²) < 4.78 is 1.89. The first-order chi connectivity index (χ1) is 14.0. The molecule has 1 heterocycles. The van der Waals surface area contributed by atoms with Crippen LogP contribution in [-0.2, 0) is 0 Å². The molecule has 0 spiro atoms. The maximum atomic E-state index is 12.9. The first kappa shape index (κ1) is 19.4. The number of hydrogen-bond acceptors (Lipinski definition) is 3. The highest BCUT2D eigenvalue weighted by molar-refractivity contribution is 5.95. The molecule has 0 unspecified atom stereocenters. The van der Waals surface area contributed by atoms with Crippen molar-refractivity contribution in [3.8, 4) is 5.69 Å². The van der Waals surface area contributed by atoms with Crippen LogP contribution in [0.5, 0.6) is 0 Å². The number of amides is 1. The van der Waals surface area contributed by atoms with Gasteiger partial charge >= 0.3 is 0 Å². The zero-order valence-corrected chi connectivity index (χ0v) is 17.1. The van der Waals surface area contributed by atoms with Gasteiger partial charge < -0.3 is 10.3 Å². The molecule has 0 bridgehead atoms. The highest BCUT2D eigenvalue weighted by Crippen LogP contribution is 2.27. The quantitative estimate of drug-likeness (QED) is 0.598. The normalized spacial score (nSPS) is 15.5. The molecular formula is C24H28N4O. The minimum Gasteiger partial charge on any atom is -0.339 e. The molecule has 1 amide bonds. The Labute approximate surface area is 171 Å². The van der Waals surface area contributed by atoms with E-state index in [1.54, 1.807) is 4.90 Å². The highest BCUT2D eigenvalue weighted by Gasteiger charge is 2.24. The zero-order valence-electron chi connectivity index (χ0n) is 17.1. The van der Waals surface area contributed by atoms with Crippen LogP contribution >= 0.6 is 0 Å². The smallest absolute Gasteiger partial charge is 0.253 e. The Morgan fingerprint density at radius 2 is 1.86 bits per heavy atom. The lowest BCUT2D eigenvalue weighted by Gasteiger charge is -2.26. The molecule has 0 aliphatic heterocycles. The maximum absolute atomic E-state index is 12.9. The van der Waals surface area contributed by atoms with Crippen LogP contribution in [0.25, 0.3) is 16.6 Å². The Morgan fingerprint density at radius 3 is 2.59 bits per heavy atom. The molecule has 0 radical (unpaired) electrons. The number of para-hydroxylation sites is 1. The predicted octanol–water partition coefficient (Wildman–Crippen LogP) is 5.09. The number of carbonyl (C=O) groups is 1. The number of nitrogens with zero attached hydrogens (tertiary/aromatic N) is 3. The van der Waals surface area contributed by atoms with Crippen molar-refractivity contribution in [1.82, 2.24) is 14.7 Å². The van der Waals surface area contributed by atoms with Gasteiger partial charge in [-0.2, -0.15) is 5.10 Å². The Bertz CT molecular complexity index is 1010. The van der Waals surface area contributed by atoms with E-state index in [0.717, 1.165) is 35.1 Å². The molecule has 3 aromatic rings. The van der Waals surface area contributed by atoms with Crippen molar-refractivity contribution in [3.05, 3.63) is 60.3 Å². The summed E-state index contributed by atoms with van der Waals surface area (Å²) in [5.74, 6) is 0.415. The molecule has 150 valence electrons. The Hall–Kier alpha value is -2.95. The number of aromatic nitrogens is 2. The van der Waals surface area contributed by atoms with Crippen molar-refractivity contribution in [1.29, 1.82) is 5.41 Å². The number of nitrogens with one attached hydrogen (secondary N) is 1. The van der Waals surface area contributed by atoms with Crippen molar-refractivity contribution < 1.29 is 4.79 Å². The molecule has 2 aromatic carbocycles. The SMILES string of the molecule is C[C@H](CC(=N)C1CCCC1)N(C)C(=O)c1ccc(-n2ncc3ccccc32)cc1. The van der Waals surface area contributed by atoms with Gasteiger partial charge in [0, 0.05) is 36.2 Å². The Kier molecular flexibility index (Phi) is 5.47. The van der Waals surface area contributed by atoms with Crippen molar-refractivity contribution >= 4 is 22.5 Å². The average molecular weight is 389 g/mol. The van der Waals surface area contributed by atoms with Crippen LogP contribution in [0.1, 0.15) is 49.4 Å². The first-order valence-electron chi connectivity index (χ1n) is 10.4. The van der Waals surface area contributed by atoms with Crippen molar-refractivity contribution in [2.75, 3.05) is 7.05 Å². The van der Waals surface area contributed by atoms with E-state index in [2.05, 4.69) is 5.10 Å². The fraction of sp³-hybridized carbons (Fsp3) is 0.375. The van der Waals surface area contributed by atoms with Gasteiger partial charge in [0.2, 0.25) is 0 Å². The van der Waals surface area contributed by atoms with Crippen LogP contribution in [-0.4, -0.2) is 39.4 Å². The van der Waals surface area contributed by atoms with Gasteiger partial charge in [0.05, 0.1) is 17.4 Å². The molecule has 0 saturated heterocycles. The summed E-state index contributed by atoms with van der Waals surface area (Å²) in [7, 11) is 1.84. The van der Waals surface area contributed by atoms with E-state index in [1.807, 2.05) is 73.4 Å². The molecule has 29 heavy (non-hydrogen) atoms. The fourth-order valence-electron chi connectivity index (χ4n) is 4.22. The van der Waals surface area contributed by atoms with Crippen LogP contribution in [0.2, 0.25) is 0 Å². The van der Waals surface area contributed by atoms with E-state index < -0.39 is 0 Å². The summed E-state index contributed by atoms with van der Waals surface area (Å²) in [6, 6.07) is 15.7. The topological polar surface area (TPSA) is 62.0 Å². The molecule has 4 rings (SSSR count). The second kappa shape index (κ2) is 8.19. The molecule has 1 N–H and O–H groups in total. The number of benzene rings is 2. The van der Waals surface area contributed by atoms with Crippen LogP contribution in [0, 0.1) is 11.3 Å². The molecule has 5 nitrogen and oxygen atoms in total. The third kappa shape index (κ3) is 3.95. The molecule has 1 atom stereocenters. The predicted molar refractivity (Wildman–Crippen MR) is 117 cm³/mol. The van der Waals surface area contributed by atoms with Gasteiger partial charge in [0.15, 0.2) is 0 Å². The van der Waals surface area contributed by atoms with Crippen molar-refractivity contribution in [3.63, 3.8) is 0 Å². The van der Waals surface area contributed by atoms with Gasteiger partial charge in [-0.25, -0.2) is 4.68 Å². The molecule has 5 heteroatoms. The fourth-order valence-corrected chi connectivity index (χ4v) is 4.22. The van der Waals surface area contributed by atoms with Crippen LogP contribution in [0.3, 0.4) is 0 Å². The van der Waals surface area contributed by atoms with Crippen molar-refractivity contribution in [2.24, 2.45) is 5.92 Å². The van der Waals surface area contributed by atoms with E-state index in [0.29, 0.717) is 17.9 Å². The molecule has 1 fully saturated rings. The molecule has 1 aliphatic rings. The maximum Gasteiger partial charge on any atom is 0.253 e. The minimum absolute atomic E-state index is 0.00593. The number of fused-ring (bicyclic) bond motifs is 1. The summed E-state index contributed by atoms with van der Waals surface area (Å²) >= 11 is 0. The highest BCUT2D eigenvalue weighted by atomic mass is 16.2. The second-order valence-electron chi connectivity index (χ2n) is 8.14. The molecule has 1 aliphatic carbocycles. The summed E-state index contributed by atoms with van der Waals surface area (Å²) in [6.07, 6.45) is 7.23. The average Bonchev–Trinajstić information content (AvgIpc) is 3.43. The van der Waals surface area contributed by atoms with Crippen LogP contribution < -0.4 is 0 Å². The van der Waals surface area contributed by atoms with E-state index >= 15 is 0 Å². The van der Waals surface area contributed by atoms with Crippen LogP contribution in [0.15, 0.2) is 54.7 Å². The monoisotopic (exact) mass is 388 g/mol. The van der Waals surface area contributed by atoms with Gasteiger partial charge in [0.25, 0.3) is 5.91 Å². The van der Waals surface area contributed by atoms with Gasteiger partial charge in [-0.15, -0.1) is 0 Å². The lowest BCUT2D eigenvalue weighted by Crippen LogP contribution is -2.37. The molecule has 1 saturated carbocycles. The van der Waals surface area contributed by atoms with Crippen molar-refractivity contribution in [2.45, 2.75) is 45.1 Å². The lowest BCUT2D eigenvalue weighted by molar-refractivity contribution is 0.0747. The van der Waals surface area contributed by atoms with Gasteiger partial charge in [-0.3, -0.25) is 4.79 Å². The third-order valence-corrected chi connectivity index (χ3v) is 6.18. The van der Waals surface area contributed by atoms with Gasteiger partial charge in [0.1, 0.15) is 0 Å². The summed E-state index contributed by atoms with van der Waals surface area (Å²) in [5.41, 5.74) is 3.44. The standard InChI is InChI=1S/C24H28N4O/c1-17(15-22(25)18-7-3-4-8-18)27(2)24(29)19-11-13-21(14-12-19)28-23-10-6-5-9-20(23)16-26-28/h5-6,9-14,16-18,25H,3-4,7-8,15H2,1-2H3/t17-/m1/s1. The Morgan fingerprint density at radius 1 is 1.17 bits per heavy atom. The van der Waals surface area contributed by atoms with E-state index in [9.17, 15) is 4.79 Å². The Balaban J connectivity index is 1.45. The van der Waals surface area contributed by atoms with Gasteiger partial charge in [-0.05, 0) is 56.0 Å². The third-order valence-electron chi connectivity index (χ3n) is 6.18. The summed E-state index contributed by atoms with van der Waals surface area (Å²) in [4.78, 5) is 14.7. The van der Waals surface area contributed by atoms with Crippen LogP contribution in [0.4, 0.5) is 0 Å². The van der Waals surface area contributed by atoms with E-state index in [4.69, 9.17) is 5.41 Å². The number of hydrogen-bond donors (Lipinski definition) is 1. The molecular weight excluding hydrogens is 360 g/mol. The summed E-state index contributed by atoms with van der Waals surface area (Å²) in [5, 5.41) is 13.9.